The summed E-state index contributed by atoms with van der Waals surface area (Å²) in [5.41, 5.74) is 3.87. The smallest absolute Gasteiger partial charge is 0.292 e. The second kappa shape index (κ2) is 8.05. The fourth-order valence-electron chi connectivity index (χ4n) is 4.13. The number of hydrogen-bond donors (Lipinski definition) is 0. The molecule has 2 aromatic carbocycles. The number of methoxy groups -OCH3 is 1. The van der Waals surface area contributed by atoms with Crippen LogP contribution in [0.2, 0.25) is 0 Å². The molecule has 2 aliphatic rings. The third-order valence-corrected chi connectivity index (χ3v) is 5.35. The number of hydrogen-bond acceptors (Lipinski definition) is 5. The summed E-state index contributed by atoms with van der Waals surface area (Å²) in [6.45, 7) is 6.08. The van der Waals surface area contributed by atoms with Crippen molar-refractivity contribution in [2.75, 3.05) is 38.4 Å². The predicted molar refractivity (Wildman–Crippen MR) is 110 cm³/mol. The number of amides is 1. The minimum absolute atomic E-state index is 0.141. The molecule has 6 heteroatoms. The summed E-state index contributed by atoms with van der Waals surface area (Å²) in [5, 5.41) is 0. The molecule has 0 unspecified atom stereocenters. The molecule has 2 aromatic rings. The Balaban J connectivity index is 1.51. The largest absolute Gasteiger partial charge is 0.493 e. The van der Waals surface area contributed by atoms with E-state index in [2.05, 4.69) is 6.07 Å². The number of nitrogens with zero attached hydrogens (tertiary/aromatic N) is 1. The van der Waals surface area contributed by atoms with Gasteiger partial charge in [-0.2, -0.15) is 0 Å². The van der Waals surface area contributed by atoms with Crippen molar-refractivity contribution >= 4 is 11.6 Å². The first-order valence-electron chi connectivity index (χ1n) is 10.0. The number of benzene rings is 2. The fraction of sp³-hybridized carbons (Fsp3) is 0.435. The van der Waals surface area contributed by atoms with Crippen molar-refractivity contribution < 1.29 is 23.7 Å². The van der Waals surface area contributed by atoms with Crippen molar-refractivity contribution in [1.82, 2.24) is 0 Å². The highest BCUT2D eigenvalue weighted by molar-refractivity contribution is 6.07. The molecular formula is C23H27NO5. The van der Waals surface area contributed by atoms with Crippen molar-refractivity contribution in [2.24, 2.45) is 0 Å². The van der Waals surface area contributed by atoms with E-state index in [1.54, 1.807) is 12.0 Å². The summed E-state index contributed by atoms with van der Waals surface area (Å²) in [4.78, 5) is 15.2. The van der Waals surface area contributed by atoms with Gasteiger partial charge in [0.2, 0.25) is 0 Å². The van der Waals surface area contributed by atoms with Crippen LogP contribution in [-0.2, 0) is 20.1 Å². The standard InChI is InChI=1S/C23H27NO5/c1-16-14-17(2)21-18(15-16)23(28-12-7-13-29-23)22(25)24(21)10-6-11-27-20-9-5-4-8-19(20)26-3/h4-5,8-9,14-15H,6-7,10-13H2,1-3H3. The minimum Gasteiger partial charge on any atom is -0.493 e. The van der Waals surface area contributed by atoms with E-state index in [1.807, 2.05) is 44.2 Å². The summed E-state index contributed by atoms with van der Waals surface area (Å²) in [6, 6.07) is 11.7. The van der Waals surface area contributed by atoms with Gasteiger partial charge in [-0.1, -0.05) is 23.8 Å². The molecule has 4 rings (SSSR count). The molecule has 2 aliphatic heterocycles. The molecule has 1 amide bonds. The monoisotopic (exact) mass is 397 g/mol. The average Bonchev–Trinajstić information content (AvgIpc) is 2.95. The predicted octanol–water partition coefficient (Wildman–Crippen LogP) is 3.72. The Labute approximate surface area is 171 Å². The fourth-order valence-corrected chi connectivity index (χ4v) is 4.13. The third kappa shape index (κ3) is 3.47. The Bertz CT molecular complexity index is 904. The number of aryl methyl sites for hydroxylation is 2. The maximum absolute atomic E-state index is 13.4. The Kier molecular flexibility index (Phi) is 5.48. The van der Waals surface area contributed by atoms with Crippen molar-refractivity contribution in [3.63, 3.8) is 0 Å². The summed E-state index contributed by atoms with van der Waals surface area (Å²) in [7, 11) is 1.62. The van der Waals surface area contributed by atoms with Gasteiger partial charge in [-0.3, -0.25) is 4.79 Å². The quantitative estimate of drug-likeness (QED) is 0.696. The molecule has 0 saturated carbocycles. The van der Waals surface area contributed by atoms with E-state index < -0.39 is 5.79 Å². The first-order chi connectivity index (χ1) is 14.1. The van der Waals surface area contributed by atoms with Gasteiger partial charge in [0.05, 0.1) is 32.6 Å². The Hall–Kier alpha value is -2.57. The van der Waals surface area contributed by atoms with Gasteiger partial charge in [0.1, 0.15) is 0 Å². The highest BCUT2D eigenvalue weighted by atomic mass is 16.7. The zero-order chi connectivity index (χ0) is 20.4. The van der Waals surface area contributed by atoms with Crippen LogP contribution in [0.5, 0.6) is 11.5 Å². The molecule has 29 heavy (non-hydrogen) atoms. The molecule has 0 N–H and O–H groups in total. The average molecular weight is 397 g/mol. The number of carbonyl (C=O) groups excluding carboxylic acids is 1. The Morgan fingerprint density at radius 1 is 1.10 bits per heavy atom. The summed E-state index contributed by atoms with van der Waals surface area (Å²) in [6.07, 6.45) is 1.47. The zero-order valence-electron chi connectivity index (χ0n) is 17.2. The van der Waals surface area contributed by atoms with Crippen LogP contribution in [0.1, 0.15) is 29.5 Å². The van der Waals surface area contributed by atoms with E-state index in [1.165, 1.54) is 0 Å². The highest BCUT2D eigenvalue weighted by Gasteiger charge is 2.55. The number of para-hydroxylation sites is 2. The number of carbonyl (C=O) groups is 1. The summed E-state index contributed by atoms with van der Waals surface area (Å²) >= 11 is 0. The third-order valence-electron chi connectivity index (χ3n) is 5.35. The molecule has 0 radical (unpaired) electrons. The molecule has 1 spiro atoms. The van der Waals surface area contributed by atoms with Gasteiger partial charge in [-0.15, -0.1) is 0 Å². The van der Waals surface area contributed by atoms with Crippen LogP contribution in [0.4, 0.5) is 5.69 Å². The van der Waals surface area contributed by atoms with E-state index >= 15 is 0 Å². The second-order valence-electron chi connectivity index (χ2n) is 7.45. The molecule has 0 aromatic heterocycles. The lowest BCUT2D eigenvalue weighted by Gasteiger charge is -2.32. The second-order valence-corrected chi connectivity index (χ2v) is 7.45. The van der Waals surface area contributed by atoms with Crippen LogP contribution in [0.3, 0.4) is 0 Å². The van der Waals surface area contributed by atoms with Crippen molar-refractivity contribution in [3.8, 4) is 11.5 Å². The summed E-state index contributed by atoms with van der Waals surface area (Å²) in [5.74, 6) is -0.0404. The van der Waals surface area contributed by atoms with E-state index in [4.69, 9.17) is 18.9 Å². The maximum Gasteiger partial charge on any atom is 0.292 e. The van der Waals surface area contributed by atoms with Gasteiger partial charge in [-0.05, 0) is 50.5 Å². The SMILES string of the molecule is COc1ccccc1OCCCN1C(=O)C2(OCCCO2)c2cc(C)cc(C)c21. The van der Waals surface area contributed by atoms with Crippen molar-refractivity contribution in [2.45, 2.75) is 32.5 Å². The van der Waals surface area contributed by atoms with E-state index in [0.29, 0.717) is 44.3 Å². The van der Waals surface area contributed by atoms with Crippen LogP contribution >= 0.6 is 0 Å². The molecule has 1 saturated heterocycles. The number of ether oxygens (including phenoxy) is 4. The van der Waals surface area contributed by atoms with Crippen LogP contribution in [-0.4, -0.2) is 39.4 Å². The molecule has 154 valence electrons. The number of rotatable bonds is 6. The first-order valence-corrected chi connectivity index (χ1v) is 10.0. The van der Waals surface area contributed by atoms with E-state index in [0.717, 1.165) is 28.8 Å². The minimum atomic E-state index is -1.30. The Morgan fingerprint density at radius 2 is 1.83 bits per heavy atom. The Morgan fingerprint density at radius 3 is 2.55 bits per heavy atom. The van der Waals surface area contributed by atoms with Gasteiger partial charge < -0.3 is 23.8 Å². The van der Waals surface area contributed by atoms with Gasteiger partial charge in [0, 0.05) is 12.1 Å². The molecule has 0 aliphatic carbocycles. The van der Waals surface area contributed by atoms with Crippen LogP contribution < -0.4 is 14.4 Å². The van der Waals surface area contributed by atoms with Gasteiger partial charge in [-0.25, -0.2) is 0 Å². The lowest BCUT2D eigenvalue weighted by molar-refractivity contribution is -0.256. The zero-order valence-corrected chi connectivity index (χ0v) is 17.2. The topological polar surface area (TPSA) is 57.2 Å². The number of fused-ring (bicyclic) bond motifs is 2. The maximum atomic E-state index is 13.4. The van der Waals surface area contributed by atoms with Crippen molar-refractivity contribution in [1.29, 1.82) is 0 Å². The van der Waals surface area contributed by atoms with Crippen LogP contribution in [0, 0.1) is 13.8 Å². The van der Waals surface area contributed by atoms with Gasteiger partial charge >= 0.3 is 0 Å². The van der Waals surface area contributed by atoms with Crippen molar-refractivity contribution in [3.05, 3.63) is 53.1 Å². The van der Waals surface area contributed by atoms with Gasteiger partial charge in [0.25, 0.3) is 11.7 Å². The molecular weight excluding hydrogens is 370 g/mol. The molecule has 6 nitrogen and oxygen atoms in total. The summed E-state index contributed by atoms with van der Waals surface area (Å²) < 4.78 is 23.1. The lowest BCUT2D eigenvalue weighted by Crippen LogP contribution is -2.47. The van der Waals surface area contributed by atoms with E-state index in [-0.39, 0.29) is 5.91 Å². The first kappa shape index (κ1) is 19.7. The van der Waals surface area contributed by atoms with Crippen LogP contribution in [0.25, 0.3) is 0 Å². The number of anilines is 1. The molecule has 1 fully saturated rings. The van der Waals surface area contributed by atoms with Crippen LogP contribution in [0.15, 0.2) is 36.4 Å². The van der Waals surface area contributed by atoms with E-state index in [9.17, 15) is 4.79 Å². The normalized spacial score (nSPS) is 17.5. The van der Waals surface area contributed by atoms with Gasteiger partial charge in [0.15, 0.2) is 11.5 Å². The molecule has 2 heterocycles. The molecule has 0 bridgehead atoms. The molecule has 0 atom stereocenters. The lowest BCUT2D eigenvalue weighted by atomic mass is 10.00. The highest BCUT2D eigenvalue weighted by Crippen LogP contribution is 2.47.